The van der Waals surface area contributed by atoms with E-state index in [1.165, 1.54) is 21.4 Å². The van der Waals surface area contributed by atoms with Crippen molar-refractivity contribution < 1.29 is 4.79 Å². The van der Waals surface area contributed by atoms with Gasteiger partial charge in [0.1, 0.15) is 6.54 Å². The van der Waals surface area contributed by atoms with E-state index in [0.29, 0.717) is 6.54 Å². The molecule has 0 saturated heterocycles. The van der Waals surface area contributed by atoms with Gasteiger partial charge in [0.2, 0.25) is 5.91 Å². The zero-order valence-electron chi connectivity index (χ0n) is 14.2. The molecule has 124 valence electrons. The molecule has 0 bridgehead atoms. The third-order valence-electron chi connectivity index (χ3n) is 5.10. The molecule has 1 unspecified atom stereocenters. The van der Waals surface area contributed by atoms with E-state index in [1.807, 2.05) is 17.4 Å². The van der Waals surface area contributed by atoms with Crippen LogP contribution in [0.4, 0.5) is 0 Å². The van der Waals surface area contributed by atoms with Crippen LogP contribution in [0.15, 0.2) is 41.9 Å². The van der Waals surface area contributed by atoms with Crippen molar-refractivity contribution in [2.45, 2.75) is 39.3 Å². The van der Waals surface area contributed by atoms with Gasteiger partial charge < -0.3 is 9.47 Å². The predicted molar refractivity (Wildman–Crippen MR) is 99.4 cm³/mol. The minimum Gasteiger partial charge on any atom is -0.338 e. The van der Waals surface area contributed by atoms with Crippen LogP contribution in [0.25, 0.3) is 10.9 Å². The van der Waals surface area contributed by atoms with Crippen molar-refractivity contribution >= 4 is 28.1 Å². The summed E-state index contributed by atoms with van der Waals surface area (Å²) < 4.78 is 2.10. The topological polar surface area (TPSA) is 25.2 Å². The van der Waals surface area contributed by atoms with Crippen LogP contribution in [0.3, 0.4) is 0 Å². The first-order chi connectivity index (χ1) is 11.7. The molecular formula is C20H22N2OS. The number of hydrogen-bond donors (Lipinski definition) is 0. The van der Waals surface area contributed by atoms with Gasteiger partial charge in [0, 0.05) is 28.5 Å². The Morgan fingerprint density at radius 3 is 2.96 bits per heavy atom. The summed E-state index contributed by atoms with van der Waals surface area (Å²) in [6.07, 6.45) is 4.06. The summed E-state index contributed by atoms with van der Waals surface area (Å²) in [6, 6.07) is 10.7. The molecule has 24 heavy (non-hydrogen) atoms. The summed E-state index contributed by atoms with van der Waals surface area (Å²) in [5, 5.41) is 3.39. The monoisotopic (exact) mass is 338 g/mol. The van der Waals surface area contributed by atoms with Gasteiger partial charge in [-0.15, -0.1) is 11.3 Å². The van der Waals surface area contributed by atoms with Crippen molar-refractivity contribution in [3.8, 4) is 0 Å². The van der Waals surface area contributed by atoms with Crippen molar-refractivity contribution in [3.63, 3.8) is 0 Å². The minimum absolute atomic E-state index is 0.222. The molecule has 0 spiro atoms. The Kier molecular flexibility index (Phi) is 3.93. The van der Waals surface area contributed by atoms with Crippen LogP contribution >= 0.6 is 11.3 Å². The number of fused-ring (bicyclic) bond motifs is 2. The highest BCUT2D eigenvalue weighted by atomic mass is 32.1. The third kappa shape index (κ3) is 2.46. The lowest BCUT2D eigenvalue weighted by atomic mass is 9.98. The maximum Gasteiger partial charge on any atom is 0.243 e. The molecule has 0 aliphatic carbocycles. The Bertz CT molecular complexity index is 892. The quantitative estimate of drug-likeness (QED) is 0.688. The Hall–Kier alpha value is -2.07. The van der Waals surface area contributed by atoms with Gasteiger partial charge in [0.15, 0.2) is 0 Å². The number of thiophene rings is 1. The number of hydrogen-bond acceptors (Lipinski definition) is 2. The number of nitrogens with zero attached hydrogens (tertiary/aromatic N) is 2. The van der Waals surface area contributed by atoms with E-state index in [2.05, 4.69) is 59.2 Å². The molecule has 1 aromatic carbocycles. The SMILES string of the molecule is CCC1c2ccsc2CCN1C(=O)Cn1cc(C)c2ccccc21. The van der Waals surface area contributed by atoms with E-state index in [1.54, 1.807) is 0 Å². The highest BCUT2D eigenvalue weighted by Crippen LogP contribution is 2.35. The number of para-hydroxylation sites is 1. The number of aromatic nitrogens is 1. The maximum absolute atomic E-state index is 13.0. The van der Waals surface area contributed by atoms with E-state index in [9.17, 15) is 4.79 Å². The van der Waals surface area contributed by atoms with E-state index < -0.39 is 0 Å². The number of amides is 1. The highest BCUT2D eigenvalue weighted by Gasteiger charge is 2.30. The van der Waals surface area contributed by atoms with Crippen molar-refractivity contribution in [2.75, 3.05) is 6.54 Å². The van der Waals surface area contributed by atoms with Crippen LogP contribution in [0.5, 0.6) is 0 Å². The zero-order chi connectivity index (χ0) is 16.7. The van der Waals surface area contributed by atoms with Gasteiger partial charge in [0.25, 0.3) is 0 Å². The van der Waals surface area contributed by atoms with Gasteiger partial charge >= 0.3 is 0 Å². The van der Waals surface area contributed by atoms with E-state index in [-0.39, 0.29) is 11.9 Å². The predicted octanol–water partition coefficient (Wildman–Crippen LogP) is 4.55. The summed E-state index contributed by atoms with van der Waals surface area (Å²) in [4.78, 5) is 16.6. The number of carbonyl (C=O) groups is 1. The molecule has 3 heterocycles. The molecule has 1 atom stereocenters. The molecule has 4 rings (SSSR count). The molecule has 1 aliphatic heterocycles. The smallest absolute Gasteiger partial charge is 0.243 e. The van der Waals surface area contributed by atoms with Crippen molar-refractivity contribution in [1.82, 2.24) is 9.47 Å². The first kappa shape index (κ1) is 15.5. The van der Waals surface area contributed by atoms with Gasteiger partial charge in [0.05, 0.1) is 6.04 Å². The number of benzene rings is 1. The first-order valence-corrected chi connectivity index (χ1v) is 9.47. The van der Waals surface area contributed by atoms with E-state index in [0.717, 1.165) is 24.9 Å². The molecule has 1 aliphatic rings. The Morgan fingerprint density at radius 2 is 2.12 bits per heavy atom. The highest BCUT2D eigenvalue weighted by molar-refractivity contribution is 7.10. The van der Waals surface area contributed by atoms with E-state index >= 15 is 0 Å². The minimum atomic E-state index is 0.222. The summed E-state index contributed by atoms with van der Waals surface area (Å²) in [7, 11) is 0. The fraction of sp³-hybridized carbons (Fsp3) is 0.350. The van der Waals surface area contributed by atoms with Crippen LogP contribution in [0, 0.1) is 6.92 Å². The first-order valence-electron chi connectivity index (χ1n) is 8.59. The van der Waals surface area contributed by atoms with Gasteiger partial charge in [-0.1, -0.05) is 25.1 Å². The molecule has 0 saturated carbocycles. The second-order valence-electron chi connectivity index (χ2n) is 6.52. The van der Waals surface area contributed by atoms with Gasteiger partial charge in [-0.25, -0.2) is 0 Å². The number of carbonyl (C=O) groups excluding carboxylic acids is 1. The standard InChI is InChI=1S/C20H22N2OS/c1-3-17-16-9-11-24-19(16)8-10-22(17)20(23)13-21-12-14(2)15-6-4-5-7-18(15)21/h4-7,9,11-12,17H,3,8,10,13H2,1-2H3. The summed E-state index contributed by atoms with van der Waals surface area (Å²) in [5.74, 6) is 0.222. The normalized spacial score (nSPS) is 17.2. The third-order valence-corrected chi connectivity index (χ3v) is 6.09. The maximum atomic E-state index is 13.0. The van der Waals surface area contributed by atoms with Gasteiger partial charge in [-0.3, -0.25) is 4.79 Å². The van der Waals surface area contributed by atoms with Gasteiger partial charge in [-0.05, 0) is 48.4 Å². The van der Waals surface area contributed by atoms with Crippen molar-refractivity contribution in [1.29, 1.82) is 0 Å². The molecule has 4 heteroatoms. The Labute approximate surface area is 146 Å². The van der Waals surface area contributed by atoms with Crippen LogP contribution in [0.2, 0.25) is 0 Å². The van der Waals surface area contributed by atoms with Crippen molar-refractivity contribution in [3.05, 3.63) is 57.9 Å². The molecule has 2 aromatic heterocycles. The summed E-state index contributed by atoms with van der Waals surface area (Å²) >= 11 is 1.82. The average molecular weight is 338 g/mol. The molecule has 3 aromatic rings. The zero-order valence-corrected chi connectivity index (χ0v) is 15.0. The molecule has 3 nitrogen and oxygen atoms in total. The fourth-order valence-electron chi connectivity index (χ4n) is 3.93. The van der Waals surface area contributed by atoms with Crippen molar-refractivity contribution in [2.24, 2.45) is 0 Å². The Balaban J connectivity index is 1.62. The summed E-state index contributed by atoms with van der Waals surface area (Å²) in [6.45, 7) is 5.54. The van der Waals surface area contributed by atoms with E-state index in [4.69, 9.17) is 0 Å². The molecule has 0 N–H and O–H groups in total. The molecular weight excluding hydrogens is 316 g/mol. The second kappa shape index (κ2) is 6.10. The average Bonchev–Trinajstić information content (AvgIpc) is 3.19. The second-order valence-corrected chi connectivity index (χ2v) is 7.52. The number of rotatable bonds is 3. The molecule has 0 fully saturated rings. The number of aryl methyl sites for hydroxylation is 1. The fourth-order valence-corrected chi connectivity index (χ4v) is 4.86. The molecule has 0 radical (unpaired) electrons. The lowest BCUT2D eigenvalue weighted by Gasteiger charge is -2.35. The van der Waals surface area contributed by atoms with Crippen LogP contribution < -0.4 is 0 Å². The lowest BCUT2D eigenvalue weighted by molar-refractivity contribution is -0.134. The Morgan fingerprint density at radius 1 is 1.29 bits per heavy atom. The molecule has 1 amide bonds. The lowest BCUT2D eigenvalue weighted by Crippen LogP contribution is -2.41. The summed E-state index contributed by atoms with van der Waals surface area (Å²) in [5.41, 5.74) is 3.73. The van der Waals surface area contributed by atoms with Crippen LogP contribution in [0.1, 0.15) is 35.4 Å². The van der Waals surface area contributed by atoms with Gasteiger partial charge in [-0.2, -0.15) is 0 Å². The van der Waals surface area contributed by atoms with Crippen LogP contribution in [-0.2, 0) is 17.8 Å². The largest absolute Gasteiger partial charge is 0.338 e. The van der Waals surface area contributed by atoms with Crippen LogP contribution in [-0.4, -0.2) is 21.9 Å².